The number of methoxy groups -OCH3 is 2. The lowest BCUT2D eigenvalue weighted by molar-refractivity contribution is -0.193. The summed E-state index contributed by atoms with van der Waals surface area (Å²) in [5, 5.41) is 22.5. The van der Waals surface area contributed by atoms with E-state index >= 15 is 0 Å². The normalized spacial score (nSPS) is 12.8. The largest absolute Gasteiger partial charge is 0.778 e. The number of carboxylic acid groups (broad SMARTS) is 1. The zero-order chi connectivity index (χ0) is 71.4. The van der Waals surface area contributed by atoms with Gasteiger partial charge in [-0.1, -0.05) is 85.2 Å². The molecule has 1 aliphatic rings. The molecule has 31 nitrogen and oxygen atoms in total. The van der Waals surface area contributed by atoms with Gasteiger partial charge in [0, 0.05) is 44.4 Å². The molecule has 1 aliphatic heterocycles. The van der Waals surface area contributed by atoms with Crippen LogP contribution in [0.4, 0.5) is 28.3 Å². The average molecular weight is 1470 g/mol. The number of aliphatic carboxylic acids is 1. The van der Waals surface area contributed by atoms with Crippen molar-refractivity contribution < 1.29 is 70.4 Å². The number of benzene rings is 2. The molecular formula is C55H73Cl5N15O16PS2. The summed E-state index contributed by atoms with van der Waals surface area (Å²) >= 11 is 29.2. The van der Waals surface area contributed by atoms with Crippen LogP contribution in [0.5, 0.6) is 23.3 Å². The molecule has 7 N–H and O–H groups in total. The first-order valence-corrected chi connectivity index (χ1v) is 34.8. The maximum absolute atomic E-state index is 12.5. The molecule has 5 heterocycles. The number of pyridine rings is 1. The number of anilines is 4. The van der Waals surface area contributed by atoms with Crippen molar-refractivity contribution in [3.05, 3.63) is 98.1 Å². The Hall–Kier alpha value is -7.48. The molecule has 516 valence electrons. The minimum Gasteiger partial charge on any atom is -0.778 e. The van der Waals surface area contributed by atoms with Gasteiger partial charge in [-0.2, -0.15) is 38.0 Å². The number of terminal acetylenes is 1. The van der Waals surface area contributed by atoms with Gasteiger partial charge < -0.3 is 63.3 Å². The minimum atomic E-state index is -4.46. The summed E-state index contributed by atoms with van der Waals surface area (Å²) in [7, 11) is -2.56. The van der Waals surface area contributed by atoms with Crippen LogP contribution < -0.4 is 60.5 Å². The smallest absolute Gasteiger partial charge is 0.442 e. The standard InChI is InChI=1S/C15H14Cl2N2O3.C15H18N6O6S.C11H11Cl2NO2.C8H14ClN5.C3H8NO5P.C3H9S/c1-5-6-21-12-8-11(9(16)7-10(12)17)19-14(20)22-13(18-19)15(2,3)4;1-21(2)13(22)9-6-5-7-16-12(9)28(24,25)20-15(23)19-14-17-10(26-3)8-11(18-14)27-4;1-7-6-16-9-5-3-2-4-8(9)14(7)11(15)10(12)13;1-4-10-7-12-6(9)13-8(14-7)11-5(2)3;5-3(6)1-4-2-10(7,8)9;1-4(2)3/h1,7-8H,6H2,2-4H3;5-8H,1-4H3,(H2,17,18,19,20,23);2-5,7,10H,6H2,1H3;5H,4H2,1-3H3,(H2,10,11,12,13,14);4H,1-2H2,(H,5,6)(H2,7,8,9);1-3H3/q;;;;;+1/p-1. The van der Waals surface area contributed by atoms with Gasteiger partial charge >= 0.3 is 17.8 Å². The fraction of sp³-hybridized carbons (Fsp3) is 0.418. The fourth-order valence-corrected chi connectivity index (χ4v) is 8.89. The molecule has 4 aromatic heterocycles. The number of halogens is 5. The van der Waals surface area contributed by atoms with Crippen molar-refractivity contribution in [1.29, 1.82) is 0 Å². The van der Waals surface area contributed by atoms with Crippen molar-refractivity contribution in [3.63, 3.8) is 0 Å². The van der Waals surface area contributed by atoms with Gasteiger partial charge in [-0.3, -0.25) is 25.0 Å². The quantitative estimate of drug-likeness (QED) is 0.0207. The zero-order valence-corrected chi connectivity index (χ0v) is 59.7. The fourth-order valence-electron chi connectivity index (χ4n) is 6.57. The first kappa shape index (κ1) is 82.6. The second-order valence-corrected chi connectivity index (χ2v) is 28.4. The van der Waals surface area contributed by atoms with Gasteiger partial charge in [-0.25, -0.2) is 19.3 Å². The van der Waals surface area contributed by atoms with Crippen molar-refractivity contribution in [2.75, 3.05) is 101 Å². The summed E-state index contributed by atoms with van der Waals surface area (Å²) < 4.78 is 63.7. The number of nitrogens with zero attached hydrogens (tertiary/aromatic N) is 10. The summed E-state index contributed by atoms with van der Waals surface area (Å²) in [5.74, 6) is 1.84. The van der Waals surface area contributed by atoms with Crippen LogP contribution in [0.25, 0.3) is 5.69 Å². The van der Waals surface area contributed by atoms with Crippen LogP contribution in [0.2, 0.25) is 15.3 Å². The molecule has 4 amide bonds. The topological polar surface area (TPSA) is 412 Å². The summed E-state index contributed by atoms with van der Waals surface area (Å²) in [6.45, 7) is 14.3. The number of amides is 4. The molecule has 0 saturated heterocycles. The van der Waals surface area contributed by atoms with Crippen molar-refractivity contribution in [3.8, 4) is 41.3 Å². The van der Waals surface area contributed by atoms with Crippen molar-refractivity contribution >= 4 is 134 Å². The molecule has 0 spiro atoms. The Morgan fingerprint density at radius 3 is 2.06 bits per heavy atom. The predicted molar refractivity (Wildman–Crippen MR) is 359 cm³/mol. The lowest BCUT2D eigenvalue weighted by atomic mass is 9.97. The van der Waals surface area contributed by atoms with Crippen LogP contribution in [0.1, 0.15) is 64.7 Å². The minimum absolute atomic E-state index is 0.0434. The molecule has 2 aromatic carbocycles. The van der Waals surface area contributed by atoms with Gasteiger partial charge in [0.15, 0.2) is 9.86 Å². The number of hydrogen-bond donors (Lipinski definition) is 7. The zero-order valence-electron chi connectivity index (χ0n) is 53.4. The Bertz CT molecular complexity index is 3740. The first-order valence-electron chi connectivity index (χ1n) is 27.1. The molecule has 94 heavy (non-hydrogen) atoms. The number of hydrogen-bond acceptors (Lipinski definition) is 24. The third-order valence-electron chi connectivity index (χ3n) is 10.4. The van der Waals surface area contributed by atoms with Crippen molar-refractivity contribution in [1.82, 2.24) is 54.6 Å². The van der Waals surface area contributed by atoms with Gasteiger partial charge in [-0.05, 0) is 80.5 Å². The van der Waals surface area contributed by atoms with E-state index in [4.69, 9.17) is 97.8 Å². The number of urea groups is 1. The van der Waals surface area contributed by atoms with Crippen LogP contribution in [-0.2, 0) is 40.5 Å². The molecule has 0 saturated carbocycles. The molecule has 39 heteroatoms. The maximum atomic E-state index is 12.5. The number of rotatable bonds is 18. The van der Waals surface area contributed by atoms with Crippen LogP contribution in [0, 0.1) is 12.3 Å². The molecule has 2 atom stereocenters. The third-order valence-corrected chi connectivity index (χ3v) is 13.4. The number of alkyl halides is 2. The van der Waals surface area contributed by atoms with Gasteiger partial charge in [0.1, 0.15) is 32.3 Å². The molecular weight excluding hydrogens is 1400 g/mol. The van der Waals surface area contributed by atoms with Gasteiger partial charge in [0.05, 0.1) is 84.9 Å². The van der Waals surface area contributed by atoms with E-state index in [1.165, 1.54) is 69.7 Å². The number of carbonyl (C=O) groups excluding carboxylic acids is 3. The monoisotopic (exact) mass is 1470 g/mol. The molecule has 0 aliphatic carbocycles. The second kappa shape index (κ2) is 39.4. The van der Waals surface area contributed by atoms with Crippen LogP contribution in [0.3, 0.4) is 0 Å². The summed E-state index contributed by atoms with van der Waals surface area (Å²) in [4.78, 5) is 101. The van der Waals surface area contributed by atoms with E-state index in [2.05, 4.69) is 75.6 Å². The second-order valence-electron chi connectivity index (χ2n) is 20.5. The van der Waals surface area contributed by atoms with E-state index in [9.17, 15) is 41.8 Å². The molecule has 0 radical (unpaired) electrons. The maximum Gasteiger partial charge on any atom is 0.442 e. The van der Waals surface area contributed by atoms with Crippen LogP contribution in [0.15, 0.2) is 75.0 Å². The van der Waals surface area contributed by atoms with E-state index in [1.54, 1.807) is 9.62 Å². The van der Waals surface area contributed by atoms with E-state index in [1.807, 2.05) is 78.0 Å². The Kier molecular flexibility index (Phi) is 34.6. The molecule has 7 rings (SSSR count). The average Bonchev–Trinajstić information content (AvgIpc) is 1.37. The summed E-state index contributed by atoms with van der Waals surface area (Å²) in [6, 6.07) is 13.4. The lowest BCUT2D eigenvalue weighted by Gasteiger charge is -2.35. The third kappa shape index (κ3) is 29.0. The number of ether oxygens (including phenoxy) is 4. The number of nitrogens with one attached hydrogen (secondary N) is 5. The first-order chi connectivity index (χ1) is 43.8. The highest BCUT2D eigenvalue weighted by Gasteiger charge is 2.32. The highest BCUT2D eigenvalue weighted by Crippen LogP contribution is 2.35. The highest BCUT2D eigenvalue weighted by molar-refractivity contribution is 7.94. The van der Waals surface area contributed by atoms with E-state index in [0.29, 0.717) is 52.5 Å². The van der Waals surface area contributed by atoms with Crippen LogP contribution in [-0.4, -0.2) is 183 Å². The summed E-state index contributed by atoms with van der Waals surface area (Å²) in [6.07, 6.45) is 12.2. The highest BCUT2D eigenvalue weighted by atomic mass is 35.5. The summed E-state index contributed by atoms with van der Waals surface area (Å²) in [5.41, 5.74) is 0.429. The van der Waals surface area contributed by atoms with Gasteiger partial charge in [0.25, 0.3) is 21.8 Å². The van der Waals surface area contributed by atoms with Crippen molar-refractivity contribution in [2.45, 2.75) is 75.8 Å². The van der Waals surface area contributed by atoms with E-state index in [0.717, 1.165) is 16.9 Å². The van der Waals surface area contributed by atoms with Crippen molar-refractivity contribution in [2.24, 2.45) is 0 Å². The lowest BCUT2D eigenvalue weighted by Crippen LogP contribution is -2.47. The Labute approximate surface area is 571 Å². The SMILES string of the molecule is C#CCOc1cc(-n2nc(C(C)(C)C)oc2=O)c(Cl)cc1Cl.CC1COc2ccccc2N1C(=O)C(Cl)Cl.CCNc1nc(Cl)nc(NC(C)C)n1.COc1cc(OC)nc(NC(=O)NS(=O)(=O)c2ncccc2C(=O)N(C)C)n1.C[S+](C)C.O=C(O)CNCP(=O)([O-])O. The number of para-hydroxylation sites is 2. The predicted octanol–water partition coefficient (Wildman–Crippen LogP) is 6.58. The Morgan fingerprint density at radius 2 is 1.54 bits per heavy atom. The Balaban J connectivity index is 0.000000409. The number of carbonyl (C=O) groups is 4. The molecule has 6 aromatic rings. The number of carboxylic acids is 1. The number of fused-ring (bicyclic) bond motifs is 1. The van der Waals surface area contributed by atoms with E-state index in [-0.39, 0.29) is 63.2 Å². The molecule has 0 bridgehead atoms. The van der Waals surface area contributed by atoms with E-state index < -0.39 is 69.4 Å². The van der Waals surface area contributed by atoms with Crippen LogP contribution >= 0.6 is 65.6 Å². The molecule has 2 unspecified atom stereocenters. The Morgan fingerprint density at radius 1 is 0.936 bits per heavy atom. The van der Waals surface area contributed by atoms with Gasteiger partial charge in [-0.15, -0.1) is 11.5 Å². The van der Waals surface area contributed by atoms with Gasteiger partial charge in [0.2, 0.25) is 40.8 Å². The number of sulfonamides is 1. The molecule has 0 fully saturated rings. The number of aromatic nitrogens is 8.